The Labute approximate surface area is 158 Å². The van der Waals surface area contributed by atoms with E-state index >= 15 is 0 Å². The van der Waals surface area contributed by atoms with Crippen molar-refractivity contribution in [3.8, 4) is 5.75 Å². The standard InChI is InChI=1S/C21H22N2O4/c1-12-9-10-18(27-4)17(11-12)13(2)22-19(24)14(3)23-20(25)15-7-5-6-8-16(15)21(23)26/h5-11,13-14H,1-4H3,(H,22,24)/t13-,14+/m0/s1. The first kappa shape index (κ1) is 18.6. The first-order chi connectivity index (χ1) is 12.8. The van der Waals surface area contributed by atoms with E-state index in [1.165, 1.54) is 0 Å². The zero-order valence-corrected chi connectivity index (χ0v) is 15.8. The number of carbonyl (C=O) groups is 3. The van der Waals surface area contributed by atoms with Gasteiger partial charge in [-0.2, -0.15) is 0 Å². The Morgan fingerprint density at radius 2 is 1.63 bits per heavy atom. The molecule has 2 aromatic rings. The molecule has 6 heteroatoms. The molecule has 0 aromatic heterocycles. The molecule has 0 radical (unpaired) electrons. The molecule has 2 atom stereocenters. The molecule has 0 spiro atoms. The molecule has 140 valence electrons. The predicted molar refractivity (Wildman–Crippen MR) is 101 cm³/mol. The maximum Gasteiger partial charge on any atom is 0.262 e. The van der Waals surface area contributed by atoms with E-state index in [0.717, 1.165) is 16.0 Å². The van der Waals surface area contributed by atoms with Crippen molar-refractivity contribution in [2.75, 3.05) is 7.11 Å². The van der Waals surface area contributed by atoms with Crippen LogP contribution in [0.5, 0.6) is 5.75 Å². The lowest BCUT2D eigenvalue weighted by atomic mass is 10.0. The summed E-state index contributed by atoms with van der Waals surface area (Å²) >= 11 is 0. The molecule has 1 heterocycles. The van der Waals surface area contributed by atoms with Crippen molar-refractivity contribution in [1.29, 1.82) is 0 Å². The molecule has 6 nitrogen and oxygen atoms in total. The minimum atomic E-state index is -0.921. The van der Waals surface area contributed by atoms with Crippen LogP contribution >= 0.6 is 0 Å². The third-order valence-corrected chi connectivity index (χ3v) is 4.80. The second kappa shape index (κ2) is 7.23. The number of ether oxygens (including phenoxy) is 1. The van der Waals surface area contributed by atoms with Crippen LogP contribution in [0.3, 0.4) is 0 Å². The molecule has 2 aromatic carbocycles. The lowest BCUT2D eigenvalue weighted by Gasteiger charge is -2.24. The van der Waals surface area contributed by atoms with Crippen molar-refractivity contribution in [3.63, 3.8) is 0 Å². The number of nitrogens with one attached hydrogen (secondary N) is 1. The molecule has 1 aliphatic heterocycles. The van der Waals surface area contributed by atoms with E-state index in [2.05, 4.69) is 5.32 Å². The van der Waals surface area contributed by atoms with Crippen LogP contribution in [-0.2, 0) is 4.79 Å². The molecule has 3 amide bonds. The maximum absolute atomic E-state index is 12.7. The number of hydrogen-bond acceptors (Lipinski definition) is 4. The van der Waals surface area contributed by atoms with Crippen LogP contribution in [-0.4, -0.2) is 35.8 Å². The van der Waals surface area contributed by atoms with Crippen molar-refractivity contribution >= 4 is 17.7 Å². The highest BCUT2D eigenvalue weighted by Gasteiger charge is 2.40. The van der Waals surface area contributed by atoms with Gasteiger partial charge in [-0.05, 0) is 39.0 Å². The first-order valence-electron chi connectivity index (χ1n) is 8.77. The number of fused-ring (bicyclic) bond motifs is 1. The smallest absolute Gasteiger partial charge is 0.262 e. The summed E-state index contributed by atoms with van der Waals surface area (Å²) in [5, 5.41) is 2.88. The topological polar surface area (TPSA) is 75.7 Å². The molecule has 0 bridgehead atoms. The van der Waals surface area contributed by atoms with Crippen LogP contribution in [0, 0.1) is 6.92 Å². The van der Waals surface area contributed by atoms with E-state index in [1.807, 2.05) is 32.0 Å². The van der Waals surface area contributed by atoms with Crippen molar-refractivity contribution in [1.82, 2.24) is 10.2 Å². The van der Waals surface area contributed by atoms with Crippen molar-refractivity contribution in [3.05, 3.63) is 64.7 Å². The van der Waals surface area contributed by atoms with E-state index in [4.69, 9.17) is 4.74 Å². The molecule has 0 saturated heterocycles. The van der Waals surface area contributed by atoms with Gasteiger partial charge in [-0.3, -0.25) is 19.3 Å². The zero-order valence-electron chi connectivity index (χ0n) is 15.8. The number of amides is 3. The summed E-state index contributed by atoms with van der Waals surface area (Å²) in [6, 6.07) is 11.0. The molecule has 27 heavy (non-hydrogen) atoms. The zero-order chi connectivity index (χ0) is 19.7. The van der Waals surface area contributed by atoms with Gasteiger partial charge < -0.3 is 10.1 Å². The SMILES string of the molecule is COc1ccc(C)cc1[C@H](C)NC(=O)[C@@H](C)N1C(=O)c2ccccc2C1=O. The fourth-order valence-electron chi connectivity index (χ4n) is 3.28. The molecule has 0 aliphatic carbocycles. The number of aryl methyl sites for hydroxylation is 1. The molecule has 1 N–H and O–H groups in total. The monoisotopic (exact) mass is 366 g/mol. The third-order valence-electron chi connectivity index (χ3n) is 4.80. The lowest BCUT2D eigenvalue weighted by Crippen LogP contribution is -2.48. The number of carbonyl (C=O) groups excluding carboxylic acids is 3. The Morgan fingerprint density at radius 1 is 1.04 bits per heavy atom. The highest BCUT2D eigenvalue weighted by Crippen LogP contribution is 2.27. The summed E-state index contributed by atoms with van der Waals surface area (Å²) in [6.45, 7) is 5.35. The van der Waals surface area contributed by atoms with E-state index in [-0.39, 0.29) is 6.04 Å². The van der Waals surface area contributed by atoms with Gasteiger partial charge >= 0.3 is 0 Å². The Bertz CT molecular complexity index is 887. The van der Waals surface area contributed by atoms with Gasteiger partial charge in [0.15, 0.2) is 0 Å². The number of benzene rings is 2. The molecular formula is C21H22N2O4. The normalized spacial score (nSPS) is 15.3. The lowest BCUT2D eigenvalue weighted by molar-refractivity contribution is -0.125. The van der Waals surface area contributed by atoms with Gasteiger partial charge in [0.05, 0.1) is 24.3 Å². The van der Waals surface area contributed by atoms with Crippen LogP contribution in [0.4, 0.5) is 0 Å². The first-order valence-corrected chi connectivity index (χ1v) is 8.77. The average molecular weight is 366 g/mol. The van der Waals surface area contributed by atoms with Crippen LogP contribution in [0.25, 0.3) is 0 Å². The fourth-order valence-corrected chi connectivity index (χ4v) is 3.28. The van der Waals surface area contributed by atoms with Gasteiger partial charge in [-0.1, -0.05) is 29.8 Å². The van der Waals surface area contributed by atoms with Crippen molar-refractivity contribution < 1.29 is 19.1 Å². The number of rotatable bonds is 5. The van der Waals surface area contributed by atoms with E-state index in [0.29, 0.717) is 16.9 Å². The van der Waals surface area contributed by atoms with Crippen LogP contribution < -0.4 is 10.1 Å². The van der Waals surface area contributed by atoms with Crippen molar-refractivity contribution in [2.24, 2.45) is 0 Å². The number of methoxy groups -OCH3 is 1. The summed E-state index contributed by atoms with van der Waals surface area (Å²) in [5.41, 5.74) is 2.53. The van der Waals surface area contributed by atoms with Gasteiger partial charge in [-0.15, -0.1) is 0 Å². The largest absolute Gasteiger partial charge is 0.496 e. The van der Waals surface area contributed by atoms with Gasteiger partial charge in [0, 0.05) is 5.56 Å². The predicted octanol–water partition coefficient (Wildman–Crippen LogP) is 2.87. The Kier molecular flexibility index (Phi) is 4.99. The summed E-state index contributed by atoms with van der Waals surface area (Å²) in [4.78, 5) is 38.9. The number of imide groups is 1. The van der Waals surface area contributed by atoms with Gasteiger partial charge in [0.2, 0.25) is 5.91 Å². The quantitative estimate of drug-likeness (QED) is 0.826. The summed E-state index contributed by atoms with van der Waals surface area (Å²) in [6.07, 6.45) is 0. The van der Waals surface area contributed by atoms with Gasteiger partial charge in [-0.25, -0.2) is 0 Å². The van der Waals surface area contributed by atoms with E-state index in [1.54, 1.807) is 38.3 Å². The second-order valence-corrected chi connectivity index (χ2v) is 6.68. The van der Waals surface area contributed by atoms with Crippen LogP contribution in [0.15, 0.2) is 42.5 Å². The molecule has 0 fully saturated rings. The summed E-state index contributed by atoms with van der Waals surface area (Å²) in [5.74, 6) is -0.625. The minimum Gasteiger partial charge on any atom is -0.496 e. The minimum absolute atomic E-state index is 0.329. The summed E-state index contributed by atoms with van der Waals surface area (Å²) < 4.78 is 5.37. The molecule has 1 aliphatic rings. The highest BCUT2D eigenvalue weighted by atomic mass is 16.5. The maximum atomic E-state index is 12.7. The third kappa shape index (κ3) is 3.30. The van der Waals surface area contributed by atoms with Gasteiger partial charge in [0.1, 0.15) is 11.8 Å². The van der Waals surface area contributed by atoms with E-state index in [9.17, 15) is 14.4 Å². The fraction of sp³-hybridized carbons (Fsp3) is 0.286. The second-order valence-electron chi connectivity index (χ2n) is 6.68. The van der Waals surface area contributed by atoms with E-state index < -0.39 is 23.8 Å². The number of hydrogen-bond donors (Lipinski definition) is 1. The highest BCUT2D eigenvalue weighted by molar-refractivity contribution is 6.22. The molecule has 3 rings (SSSR count). The van der Waals surface area contributed by atoms with Crippen molar-refractivity contribution in [2.45, 2.75) is 32.9 Å². The number of nitrogens with zero attached hydrogens (tertiary/aromatic N) is 1. The van der Waals surface area contributed by atoms with Gasteiger partial charge in [0.25, 0.3) is 11.8 Å². The molecule has 0 unspecified atom stereocenters. The molecule has 0 saturated carbocycles. The average Bonchev–Trinajstić information content (AvgIpc) is 2.92. The van der Waals surface area contributed by atoms with Crippen LogP contribution in [0.1, 0.15) is 51.7 Å². The molecular weight excluding hydrogens is 344 g/mol. The summed E-state index contributed by atoms with van der Waals surface area (Å²) in [7, 11) is 1.57. The Morgan fingerprint density at radius 3 is 2.19 bits per heavy atom. The Balaban J connectivity index is 1.78. The van der Waals surface area contributed by atoms with Crippen LogP contribution in [0.2, 0.25) is 0 Å². The Hall–Kier alpha value is -3.15.